The first-order valence-corrected chi connectivity index (χ1v) is 14.2. The normalized spacial score (nSPS) is 11.3. The van der Waals surface area contributed by atoms with Gasteiger partial charge in [-0.05, 0) is 84.5 Å². The van der Waals surface area contributed by atoms with Gasteiger partial charge in [0.25, 0.3) is 5.91 Å². The topological polar surface area (TPSA) is 132 Å². The van der Waals surface area contributed by atoms with Gasteiger partial charge in [0.2, 0.25) is 0 Å². The van der Waals surface area contributed by atoms with E-state index in [1.54, 1.807) is 29.8 Å². The molecule has 0 bridgehead atoms. The second-order valence-electron chi connectivity index (χ2n) is 10.6. The van der Waals surface area contributed by atoms with Gasteiger partial charge in [-0.3, -0.25) is 4.79 Å². The van der Waals surface area contributed by atoms with Crippen LogP contribution in [0.4, 0.5) is 11.5 Å². The van der Waals surface area contributed by atoms with Crippen LogP contribution in [0.2, 0.25) is 0 Å². The predicted molar refractivity (Wildman–Crippen MR) is 160 cm³/mol. The molecule has 40 heavy (non-hydrogen) atoms. The Kier molecular flexibility index (Phi) is 11.3. The first-order chi connectivity index (χ1) is 19.0. The molecular weight excluding hydrogens is 528 g/mol. The van der Waals surface area contributed by atoms with Crippen molar-refractivity contribution in [2.24, 2.45) is 0 Å². The summed E-state index contributed by atoms with van der Waals surface area (Å²) in [7, 11) is 3.92. The highest BCUT2D eigenvalue weighted by Crippen LogP contribution is 2.26. The zero-order valence-electron chi connectivity index (χ0n) is 24.0. The van der Waals surface area contributed by atoms with Crippen LogP contribution < -0.4 is 21.1 Å². The standard InChI is InChI=1S/C29H40N6O4S/c1-29(2,3)39-28(37)23-19-40-27(34-23)21-11-13-32-25(18-21)31-12-7-6-8-16-38-24-17-20(9-10-22(24)30)26(36)33-14-15-35(4)5/h9-11,13,17-19H,6-8,12,14-16,30H2,1-5H3,(H,31,32)(H,33,36). The number of pyridine rings is 1. The Labute approximate surface area is 240 Å². The maximum absolute atomic E-state index is 12.4. The summed E-state index contributed by atoms with van der Waals surface area (Å²) in [5, 5.41) is 8.68. The smallest absolute Gasteiger partial charge is 0.358 e. The number of carbonyl (C=O) groups is 2. The fourth-order valence-corrected chi connectivity index (χ4v) is 4.38. The molecule has 0 fully saturated rings. The highest BCUT2D eigenvalue weighted by molar-refractivity contribution is 7.13. The molecule has 0 aliphatic heterocycles. The molecule has 0 saturated carbocycles. The van der Waals surface area contributed by atoms with E-state index in [1.807, 2.05) is 51.9 Å². The molecule has 0 aliphatic carbocycles. The molecule has 3 rings (SSSR count). The number of nitrogen functional groups attached to an aromatic ring is 1. The van der Waals surface area contributed by atoms with Gasteiger partial charge in [-0.1, -0.05) is 0 Å². The van der Waals surface area contributed by atoms with Crippen molar-refractivity contribution in [3.05, 3.63) is 53.2 Å². The summed E-state index contributed by atoms with van der Waals surface area (Å²) in [6.45, 7) is 8.09. The number of thiazole rings is 1. The number of unbranched alkanes of at least 4 members (excludes halogenated alkanes) is 2. The summed E-state index contributed by atoms with van der Waals surface area (Å²) in [5.41, 5.74) is 7.71. The van der Waals surface area contributed by atoms with Crippen LogP contribution in [0.1, 0.15) is 60.9 Å². The van der Waals surface area contributed by atoms with E-state index in [0.717, 1.165) is 48.7 Å². The number of amides is 1. The number of carbonyl (C=O) groups excluding carboxylic acids is 2. The number of rotatable bonds is 14. The first-order valence-electron chi connectivity index (χ1n) is 13.4. The number of anilines is 2. The number of esters is 1. The third-order valence-corrected chi connectivity index (χ3v) is 6.52. The number of hydrogen-bond donors (Lipinski definition) is 3. The van der Waals surface area contributed by atoms with E-state index in [2.05, 4.69) is 20.6 Å². The van der Waals surface area contributed by atoms with E-state index in [-0.39, 0.29) is 5.91 Å². The maximum atomic E-state index is 12.4. The number of nitrogens with one attached hydrogen (secondary N) is 2. The maximum Gasteiger partial charge on any atom is 0.358 e. The van der Waals surface area contributed by atoms with Crippen LogP contribution in [-0.4, -0.2) is 72.7 Å². The van der Waals surface area contributed by atoms with Crippen LogP contribution >= 0.6 is 11.3 Å². The summed E-state index contributed by atoms with van der Waals surface area (Å²) in [4.78, 5) is 35.5. The minimum Gasteiger partial charge on any atom is -0.491 e. The minimum atomic E-state index is -0.567. The van der Waals surface area contributed by atoms with E-state index in [9.17, 15) is 9.59 Å². The third-order valence-electron chi connectivity index (χ3n) is 5.62. The fourth-order valence-electron chi connectivity index (χ4n) is 3.59. The molecule has 0 atom stereocenters. The van der Waals surface area contributed by atoms with Crippen molar-refractivity contribution in [3.63, 3.8) is 0 Å². The summed E-state index contributed by atoms with van der Waals surface area (Å²) in [6, 6.07) is 8.89. The third kappa shape index (κ3) is 10.1. The second-order valence-corrected chi connectivity index (χ2v) is 11.5. The Morgan fingerprint density at radius 1 is 1.07 bits per heavy atom. The number of nitrogens with zero attached hydrogens (tertiary/aromatic N) is 3. The Morgan fingerprint density at radius 2 is 1.88 bits per heavy atom. The largest absolute Gasteiger partial charge is 0.491 e. The summed E-state index contributed by atoms with van der Waals surface area (Å²) in [5.74, 6) is 0.698. The summed E-state index contributed by atoms with van der Waals surface area (Å²) >= 11 is 1.39. The van der Waals surface area contributed by atoms with Crippen molar-refractivity contribution in [3.8, 4) is 16.3 Å². The van der Waals surface area contributed by atoms with Crippen molar-refractivity contribution < 1.29 is 19.1 Å². The number of benzene rings is 1. The summed E-state index contributed by atoms with van der Waals surface area (Å²) < 4.78 is 11.3. The van der Waals surface area contributed by atoms with Crippen LogP contribution in [0, 0.1) is 0 Å². The van der Waals surface area contributed by atoms with Crippen LogP contribution in [0.25, 0.3) is 10.6 Å². The molecule has 4 N–H and O–H groups in total. The van der Waals surface area contributed by atoms with Crippen LogP contribution in [-0.2, 0) is 4.74 Å². The number of likely N-dealkylation sites (N-methyl/N-ethyl adjacent to an activating group) is 1. The number of ether oxygens (including phenoxy) is 2. The lowest BCUT2D eigenvalue weighted by molar-refractivity contribution is 0.00637. The first kappa shape index (κ1) is 30.8. The molecule has 1 aromatic carbocycles. The van der Waals surface area contributed by atoms with E-state index < -0.39 is 11.6 Å². The van der Waals surface area contributed by atoms with Crippen LogP contribution in [0.3, 0.4) is 0 Å². The SMILES string of the molecule is CN(C)CCNC(=O)c1ccc(N)c(OCCCCCNc2cc(-c3nc(C(=O)OC(C)(C)C)cs3)ccn2)c1. The number of aromatic nitrogens is 2. The quantitative estimate of drug-likeness (QED) is 0.144. The molecule has 0 radical (unpaired) electrons. The molecule has 0 unspecified atom stereocenters. The molecule has 2 aromatic heterocycles. The van der Waals surface area contributed by atoms with Crippen LogP contribution in [0.5, 0.6) is 5.75 Å². The lowest BCUT2D eigenvalue weighted by Gasteiger charge is -2.18. The second kappa shape index (κ2) is 14.6. The van der Waals surface area contributed by atoms with Gasteiger partial charge in [0.15, 0.2) is 5.69 Å². The van der Waals surface area contributed by atoms with Gasteiger partial charge in [-0.2, -0.15) is 0 Å². The average molecular weight is 569 g/mol. The lowest BCUT2D eigenvalue weighted by atomic mass is 10.1. The summed E-state index contributed by atoms with van der Waals surface area (Å²) in [6.07, 6.45) is 4.45. The van der Waals surface area contributed by atoms with Gasteiger partial charge in [0, 0.05) is 42.3 Å². The van der Waals surface area contributed by atoms with E-state index >= 15 is 0 Å². The highest BCUT2D eigenvalue weighted by Gasteiger charge is 2.20. The number of nitrogens with two attached hydrogens (primary N) is 1. The van der Waals surface area contributed by atoms with Crippen molar-refractivity contribution in [1.29, 1.82) is 0 Å². The van der Waals surface area contributed by atoms with Crippen molar-refractivity contribution >= 4 is 34.7 Å². The molecule has 2 heterocycles. The van der Waals surface area contributed by atoms with Gasteiger partial charge in [0.1, 0.15) is 22.2 Å². The number of hydrogen-bond acceptors (Lipinski definition) is 10. The van der Waals surface area contributed by atoms with E-state index in [0.29, 0.717) is 35.8 Å². The van der Waals surface area contributed by atoms with Gasteiger partial charge >= 0.3 is 5.97 Å². The molecule has 1 amide bonds. The molecule has 10 nitrogen and oxygen atoms in total. The molecule has 3 aromatic rings. The molecule has 0 aliphatic rings. The molecular formula is C29H40N6O4S. The average Bonchev–Trinajstić information content (AvgIpc) is 3.39. The zero-order valence-corrected chi connectivity index (χ0v) is 24.8. The lowest BCUT2D eigenvalue weighted by Crippen LogP contribution is -2.31. The Morgan fingerprint density at radius 3 is 2.62 bits per heavy atom. The van der Waals surface area contributed by atoms with Crippen molar-refractivity contribution in [2.45, 2.75) is 45.6 Å². The van der Waals surface area contributed by atoms with Crippen molar-refractivity contribution in [2.75, 3.05) is 51.4 Å². The zero-order chi connectivity index (χ0) is 29.1. The van der Waals surface area contributed by atoms with E-state index in [1.165, 1.54) is 11.3 Å². The van der Waals surface area contributed by atoms with Gasteiger partial charge < -0.3 is 30.7 Å². The molecule has 0 spiro atoms. The molecule has 216 valence electrons. The Bertz CT molecular complexity index is 1270. The van der Waals surface area contributed by atoms with Crippen LogP contribution in [0.15, 0.2) is 41.9 Å². The molecule has 0 saturated heterocycles. The fraction of sp³-hybridized carbons (Fsp3) is 0.448. The highest BCUT2D eigenvalue weighted by atomic mass is 32.1. The minimum absolute atomic E-state index is 0.145. The van der Waals surface area contributed by atoms with Gasteiger partial charge in [-0.15, -0.1) is 11.3 Å². The predicted octanol–water partition coefficient (Wildman–Crippen LogP) is 4.70. The Balaban J connectivity index is 1.40. The van der Waals surface area contributed by atoms with Crippen molar-refractivity contribution in [1.82, 2.24) is 20.2 Å². The van der Waals surface area contributed by atoms with Gasteiger partial charge in [-0.25, -0.2) is 14.8 Å². The van der Waals surface area contributed by atoms with Gasteiger partial charge in [0.05, 0.1) is 12.3 Å². The monoisotopic (exact) mass is 568 g/mol. The molecule has 11 heteroatoms. The van der Waals surface area contributed by atoms with E-state index in [4.69, 9.17) is 15.2 Å². The Hall–Kier alpha value is -3.70.